The second-order valence-corrected chi connectivity index (χ2v) is 6.43. The average Bonchev–Trinajstić information content (AvgIpc) is 2.72. The van der Waals surface area contributed by atoms with Crippen molar-refractivity contribution in [3.05, 3.63) is 94.8 Å². The fraction of sp³-hybridized carbons (Fsp3) is 0.174. The van der Waals surface area contributed by atoms with Gasteiger partial charge in [-0.1, -0.05) is 24.3 Å². The largest absolute Gasteiger partial charge is 0.496 e. The molecule has 0 radical (unpaired) electrons. The number of benzene rings is 3. The van der Waals surface area contributed by atoms with E-state index in [9.17, 15) is 9.18 Å². The zero-order valence-electron chi connectivity index (χ0n) is 15.9. The first-order chi connectivity index (χ1) is 13.5. The molecule has 0 aliphatic heterocycles. The summed E-state index contributed by atoms with van der Waals surface area (Å²) >= 11 is 0. The van der Waals surface area contributed by atoms with Gasteiger partial charge in [0.1, 0.15) is 23.9 Å². The number of halogens is 1. The lowest BCUT2D eigenvalue weighted by Gasteiger charge is -2.10. The molecule has 28 heavy (non-hydrogen) atoms. The number of amides is 1. The predicted molar refractivity (Wildman–Crippen MR) is 106 cm³/mol. The van der Waals surface area contributed by atoms with Crippen molar-refractivity contribution in [1.82, 2.24) is 5.32 Å². The summed E-state index contributed by atoms with van der Waals surface area (Å²) in [5, 5.41) is 2.91. The van der Waals surface area contributed by atoms with Gasteiger partial charge in [-0.15, -0.1) is 0 Å². The Hall–Kier alpha value is -3.34. The molecule has 3 rings (SSSR count). The van der Waals surface area contributed by atoms with E-state index >= 15 is 0 Å². The SMILES string of the molecule is COc1ccc(C(=O)NCc2ccc(OCc3ccc(F)cc3)cc2)cc1C. The van der Waals surface area contributed by atoms with E-state index < -0.39 is 0 Å². The normalized spacial score (nSPS) is 10.4. The van der Waals surface area contributed by atoms with Crippen LogP contribution in [-0.2, 0) is 13.2 Å². The minimum Gasteiger partial charge on any atom is -0.496 e. The van der Waals surface area contributed by atoms with Gasteiger partial charge in [-0.05, 0) is 66.1 Å². The third-order valence-electron chi connectivity index (χ3n) is 4.35. The van der Waals surface area contributed by atoms with E-state index in [1.54, 1.807) is 37.4 Å². The van der Waals surface area contributed by atoms with Crippen molar-refractivity contribution in [2.24, 2.45) is 0 Å². The number of carbonyl (C=O) groups is 1. The predicted octanol–water partition coefficient (Wildman–Crippen LogP) is 4.65. The van der Waals surface area contributed by atoms with E-state index in [0.29, 0.717) is 24.5 Å². The number of rotatable bonds is 7. The highest BCUT2D eigenvalue weighted by Gasteiger charge is 2.08. The van der Waals surface area contributed by atoms with E-state index in [2.05, 4.69) is 5.32 Å². The van der Waals surface area contributed by atoms with Crippen molar-refractivity contribution in [3.63, 3.8) is 0 Å². The van der Waals surface area contributed by atoms with Gasteiger partial charge in [0, 0.05) is 12.1 Å². The van der Waals surface area contributed by atoms with Crippen LogP contribution in [-0.4, -0.2) is 13.0 Å². The molecule has 5 heteroatoms. The molecule has 0 atom stereocenters. The van der Waals surface area contributed by atoms with Crippen molar-refractivity contribution >= 4 is 5.91 Å². The Morgan fingerprint density at radius 3 is 2.29 bits per heavy atom. The van der Waals surface area contributed by atoms with Crippen LogP contribution >= 0.6 is 0 Å². The van der Waals surface area contributed by atoms with Crippen LogP contribution in [0.5, 0.6) is 11.5 Å². The van der Waals surface area contributed by atoms with E-state index in [1.807, 2.05) is 31.2 Å². The van der Waals surface area contributed by atoms with Crippen LogP contribution in [0, 0.1) is 12.7 Å². The maximum absolute atomic E-state index is 12.9. The summed E-state index contributed by atoms with van der Waals surface area (Å²) in [4.78, 5) is 12.3. The van der Waals surface area contributed by atoms with Gasteiger partial charge in [-0.3, -0.25) is 4.79 Å². The van der Waals surface area contributed by atoms with Gasteiger partial charge in [0.05, 0.1) is 7.11 Å². The van der Waals surface area contributed by atoms with Crippen LogP contribution in [0.1, 0.15) is 27.0 Å². The lowest BCUT2D eigenvalue weighted by atomic mass is 10.1. The Morgan fingerprint density at radius 2 is 1.64 bits per heavy atom. The lowest BCUT2D eigenvalue weighted by molar-refractivity contribution is 0.0951. The molecule has 1 N–H and O–H groups in total. The zero-order chi connectivity index (χ0) is 19.9. The lowest BCUT2D eigenvalue weighted by Crippen LogP contribution is -2.22. The van der Waals surface area contributed by atoms with Gasteiger partial charge in [-0.2, -0.15) is 0 Å². The van der Waals surface area contributed by atoms with Crippen LogP contribution in [0.15, 0.2) is 66.7 Å². The van der Waals surface area contributed by atoms with Gasteiger partial charge in [-0.25, -0.2) is 4.39 Å². The standard InChI is InChI=1S/C23H22FNO3/c1-16-13-19(7-12-22(16)27-2)23(26)25-14-17-5-10-21(11-6-17)28-15-18-3-8-20(24)9-4-18/h3-13H,14-15H2,1-2H3,(H,25,26). The van der Waals surface area contributed by atoms with E-state index in [4.69, 9.17) is 9.47 Å². The molecular weight excluding hydrogens is 357 g/mol. The van der Waals surface area contributed by atoms with E-state index in [-0.39, 0.29) is 11.7 Å². The molecule has 0 saturated carbocycles. The van der Waals surface area contributed by atoms with Crippen molar-refractivity contribution in [1.29, 1.82) is 0 Å². The highest BCUT2D eigenvalue weighted by atomic mass is 19.1. The second kappa shape index (κ2) is 9.04. The topological polar surface area (TPSA) is 47.6 Å². The Bertz CT molecular complexity index is 937. The summed E-state index contributed by atoms with van der Waals surface area (Å²) < 4.78 is 23.8. The Morgan fingerprint density at radius 1 is 0.964 bits per heavy atom. The molecule has 0 bridgehead atoms. The first-order valence-corrected chi connectivity index (χ1v) is 8.94. The van der Waals surface area contributed by atoms with Gasteiger partial charge in [0.25, 0.3) is 5.91 Å². The molecule has 4 nitrogen and oxygen atoms in total. The molecule has 0 unspecified atom stereocenters. The van der Waals surface area contributed by atoms with Gasteiger partial charge >= 0.3 is 0 Å². The van der Waals surface area contributed by atoms with Crippen molar-refractivity contribution in [2.45, 2.75) is 20.1 Å². The Kier molecular flexibility index (Phi) is 6.27. The number of nitrogens with one attached hydrogen (secondary N) is 1. The number of ether oxygens (including phenoxy) is 2. The molecule has 0 aliphatic rings. The molecule has 0 aliphatic carbocycles. The van der Waals surface area contributed by atoms with Crippen LogP contribution in [0.4, 0.5) is 4.39 Å². The summed E-state index contributed by atoms with van der Waals surface area (Å²) in [6, 6.07) is 19.1. The third kappa shape index (κ3) is 5.10. The summed E-state index contributed by atoms with van der Waals surface area (Å²) in [5.41, 5.74) is 3.37. The number of methoxy groups -OCH3 is 1. The highest BCUT2D eigenvalue weighted by Crippen LogP contribution is 2.19. The Balaban J connectivity index is 1.51. The highest BCUT2D eigenvalue weighted by molar-refractivity contribution is 5.94. The third-order valence-corrected chi connectivity index (χ3v) is 4.35. The summed E-state index contributed by atoms with van der Waals surface area (Å²) in [7, 11) is 1.61. The van der Waals surface area contributed by atoms with Crippen LogP contribution < -0.4 is 14.8 Å². The van der Waals surface area contributed by atoms with E-state index in [1.165, 1.54) is 12.1 Å². The molecule has 0 spiro atoms. The van der Waals surface area contributed by atoms with Crippen molar-refractivity contribution in [2.75, 3.05) is 7.11 Å². The van der Waals surface area contributed by atoms with E-state index in [0.717, 1.165) is 22.4 Å². The number of carbonyl (C=O) groups excluding carboxylic acids is 1. The quantitative estimate of drug-likeness (QED) is 0.650. The van der Waals surface area contributed by atoms with Crippen LogP contribution in [0.2, 0.25) is 0 Å². The molecular formula is C23H22FNO3. The molecule has 0 heterocycles. The summed E-state index contributed by atoms with van der Waals surface area (Å²) in [6.07, 6.45) is 0. The first kappa shape index (κ1) is 19.4. The minimum absolute atomic E-state index is 0.137. The smallest absolute Gasteiger partial charge is 0.251 e. The van der Waals surface area contributed by atoms with Crippen molar-refractivity contribution < 1.29 is 18.7 Å². The fourth-order valence-corrected chi connectivity index (χ4v) is 2.75. The second-order valence-electron chi connectivity index (χ2n) is 6.43. The maximum Gasteiger partial charge on any atom is 0.251 e. The first-order valence-electron chi connectivity index (χ1n) is 8.94. The molecule has 0 aromatic heterocycles. The van der Waals surface area contributed by atoms with Crippen molar-refractivity contribution in [3.8, 4) is 11.5 Å². The van der Waals surface area contributed by atoms with Gasteiger partial charge in [0.15, 0.2) is 0 Å². The number of hydrogen-bond acceptors (Lipinski definition) is 3. The van der Waals surface area contributed by atoms with Crippen LogP contribution in [0.3, 0.4) is 0 Å². The Labute approximate surface area is 163 Å². The summed E-state index contributed by atoms with van der Waals surface area (Å²) in [5.74, 6) is 1.07. The maximum atomic E-state index is 12.9. The number of hydrogen-bond donors (Lipinski definition) is 1. The molecule has 144 valence electrons. The summed E-state index contributed by atoms with van der Waals surface area (Å²) in [6.45, 7) is 2.69. The van der Waals surface area contributed by atoms with Crippen LogP contribution in [0.25, 0.3) is 0 Å². The molecule has 0 saturated heterocycles. The monoisotopic (exact) mass is 379 g/mol. The minimum atomic E-state index is -0.264. The number of aryl methyl sites for hydroxylation is 1. The molecule has 1 amide bonds. The fourth-order valence-electron chi connectivity index (χ4n) is 2.75. The molecule has 0 fully saturated rings. The van der Waals surface area contributed by atoms with Gasteiger partial charge in [0.2, 0.25) is 0 Å². The molecule has 3 aromatic rings. The van der Waals surface area contributed by atoms with Gasteiger partial charge < -0.3 is 14.8 Å². The zero-order valence-corrected chi connectivity index (χ0v) is 15.9. The molecule has 3 aromatic carbocycles. The average molecular weight is 379 g/mol.